The molecule has 2 N–H and O–H groups in total. The number of phenols is 1. The van der Waals surface area contributed by atoms with E-state index in [1.807, 2.05) is 0 Å². The standard InChI is InChI=1S/C14H13BrN2O4S/c1-21-12-4-7-14(18)10(8-12)9-16-17-22(19,20)13-5-2-11(15)3-6-13/h2-9,17-18H,1H3. The predicted octanol–water partition coefficient (Wildman–Crippen LogP) is 2.48. The van der Waals surface area contributed by atoms with Crippen LogP contribution in [-0.2, 0) is 10.0 Å². The smallest absolute Gasteiger partial charge is 0.276 e. The van der Waals surface area contributed by atoms with E-state index in [4.69, 9.17) is 4.74 Å². The molecule has 2 aromatic carbocycles. The normalized spacial score (nSPS) is 11.5. The van der Waals surface area contributed by atoms with Gasteiger partial charge in [0, 0.05) is 10.0 Å². The van der Waals surface area contributed by atoms with Crippen LogP contribution in [-0.4, -0.2) is 26.8 Å². The molecule has 0 unspecified atom stereocenters. The largest absolute Gasteiger partial charge is 0.507 e. The van der Waals surface area contributed by atoms with Crippen LogP contribution in [0, 0.1) is 0 Å². The molecule has 8 heteroatoms. The Morgan fingerprint density at radius 1 is 1.23 bits per heavy atom. The number of phenolic OH excluding ortho intramolecular Hbond substituents is 1. The highest BCUT2D eigenvalue weighted by molar-refractivity contribution is 9.10. The number of nitrogens with one attached hydrogen (secondary N) is 1. The summed E-state index contributed by atoms with van der Waals surface area (Å²) in [5.41, 5.74) is 0.331. The van der Waals surface area contributed by atoms with Crippen molar-refractivity contribution >= 4 is 32.2 Å². The molecule has 0 amide bonds. The Hall–Kier alpha value is -2.06. The van der Waals surface area contributed by atoms with E-state index in [1.54, 1.807) is 18.2 Å². The first-order valence-electron chi connectivity index (χ1n) is 6.10. The van der Waals surface area contributed by atoms with Crippen molar-refractivity contribution in [1.29, 1.82) is 0 Å². The van der Waals surface area contributed by atoms with E-state index in [1.165, 1.54) is 37.6 Å². The van der Waals surface area contributed by atoms with E-state index >= 15 is 0 Å². The fourth-order valence-corrected chi connectivity index (χ4v) is 2.65. The van der Waals surface area contributed by atoms with Gasteiger partial charge in [-0.3, -0.25) is 0 Å². The van der Waals surface area contributed by atoms with Gasteiger partial charge < -0.3 is 9.84 Å². The predicted molar refractivity (Wildman–Crippen MR) is 86.7 cm³/mol. The third kappa shape index (κ3) is 3.99. The molecular formula is C14H13BrN2O4S. The number of nitrogens with zero attached hydrogens (tertiary/aromatic N) is 1. The van der Waals surface area contributed by atoms with Gasteiger partial charge in [-0.15, -0.1) is 0 Å². The molecule has 0 atom stereocenters. The van der Waals surface area contributed by atoms with E-state index < -0.39 is 10.0 Å². The second kappa shape index (κ2) is 6.80. The Labute approximate surface area is 136 Å². The molecule has 0 aromatic heterocycles. The number of hydrogen-bond donors (Lipinski definition) is 2. The molecule has 2 aromatic rings. The topological polar surface area (TPSA) is 88.0 Å². The van der Waals surface area contributed by atoms with Gasteiger partial charge in [0.2, 0.25) is 0 Å². The number of hydrazone groups is 1. The molecule has 0 saturated carbocycles. The van der Waals surface area contributed by atoms with Crippen molar-refractivity contribution in [3.63, 3.8) is 0 Å². The van der Waals surface area contributed by atoms with Gasteiger partial charge in [-0.1, -0.05) is 15.9 Å². The third-order valence-electron chi connectivity index (χ3n) is 2.74. The Kier molecular flexibility index (Phi) is 5.04. The van der Waals surface area contributed by atoms with Crippen LogP contribution in [0.4, 0.5) is 0 Å². The van der Waals surface area contributed by atoms with Crippen LogP contribution < -0.4 is 9.57 Å². The molecule has 0 fully saturated rings. The van der Waals surface area contributed by atoms with Crippen molar-refractivity contribution in [2.45, 2.75) is 4.90 Å². The highest BCUT2D eigenvalue weighted by atomic mass is 79.9. The molecular weight excluding hydrogens is 372 g/mol. The minimum atomic E-state index is -3.76. The third-order valence-corrected chi connectivity index (χ3v) is 4.50. The average Bonchev–Trinajstić information content (AvgIpc) is 2.49. The summed E-state index contributed by atoms with van der Waals surface area (Å²) in [5.74, 6) is 0.488. The average molecular weight is 385 g/mol. The van der Waals surface area contributed by atoms with Crippen LogP contribution in [0.3, 0.4) is 0 Å². The summed E-state index contributed by atoms with van der Waals surface area (Å²) in [4.78, 5) is 2.17. The number of aromatic hydroxyl groups is 1. The minimum Gasteiger partial charge on any atom is -0.507 e. The van der Waals surface area contributed by atoms with Gasteiger partial charge in [-0.2, -0.15) is 13.5 Å². The van der Waals surface area contributed by atoms with Gasteiger partial charge >= 0.3 is 0 Å². The second-order valence-electron chi connectivity index (χ2n) is 4.23. The summed E-state index contributed by atoms with van der Waals surface area (Å²) in [6.45, 7) is 0. The summed E-state index contributed by atoms with van der Waals surface area (Å²) >= 11 is 3.23. The lowest BCUT2D eigenvalue weighted by molar-refractivity contribution is 0.412. The molecule has 116 valence electrons. The lowest BCUT2D eigenvalue weighted by Gasteiger charge is -2.05. The van der Waals surface area contributed by atoms with Crippen molar-refractivity contribution in [2.24, 2.45) is 5.10 Å². The van der Waals surface area contributed by atoms with Crippen LogP contribution in [0.1, 0.15) is 5.56 Å². The molecule has 0 heterocycles. The zero-order valence-electron chi connectivity index (χ0n) is 11.5. The first-order valence-corrected chi connectivity index (χ1v) is 8.37. The first kappa shape index (κ1) is 16.3. The number of benzene rings is 2. The zero-order valence-corrected chi connectivity index (χ0v) is 13.9. The van der Waals surface area contributed by atoms with Crippen LogP contribution in [0.5, 0.6) is 11.5 Å². The Bertz CT molecular complexity index is 789. The van der Waals surface area contributed by atoms with Crippen molar-refractivity contribution in [3.8, 4) is 11.5 Å². The molecule has 0 spiro atoms. The van der Waals surface area contributed by atoms with Crippen molar-refractivity contribution in [2.75, 3.05) is 7.11 Å². The van der Waals surface area contributed by atoms with E-state index in [-0.39, 0.29) is 10.6 Å². The summed E-state index contributed by atoms with van der Waals surface area (Å²) in [6, 6.07) is 10.7. The van der Waals surface area contributed by atoms with Gasteiger partial charge in [0.25, 0.3) is 10.0 Å². The number of sulfonamides is 1. The maximum atomic E-state index is 12.0. The molecule has 22 heavy (non-hydrogen) atoms. The van der Waals surface area contributed by atoms with Crippen molar-refractivity contribution in [1.82, 2.24) is 4.83 Å². The van der Waals surface area contributed by atoms with Gasteiger partial charge in [0.05, 0.1) is 18.2 Å². The van der Waals surface area contributed by atoms with E-state index in [9.17, 15) is 13.5 Å². The van der Waals surface area contributed by atoms with E-state index in [0.717, 1.165) is 4.47 Å². The fourth-order valence-electron chi connectivity index (χ4n) is 1.59. The number of halogens is 1. The number of methoxy groups -OCH3 is 1. The Morgan fingerprint density at radius 3 is 2.55 bits per heavy atom. The quantitative estimate of drug-likeness (QED) is 0.612. The van der Waals surface area contributed by atoms with Crippen LogP contribution in [0.2, 0.25) is 0 Å². The van der Waals surface area contributed by atoms with E-state index in [2.05, 4.69) is 25.9 Å². The minimum absolute atomic E-state index is 0.0348. The number of hydrogen-bond acceptors (Lipinski definition) is 5. The molecule has 0 aliphatic carbocycles. The Balaban J connectivity index is 2.16. The summed E-state index contributed by atoms with van der Waals surface area (Å²) in [5, 5.41) is 13.3. The summed E-state index contributed by atoms with van der Waals surface area (Å²) in [6.07, 6.45) is 1.20. The van der Waals surface area contributed by atoms with Crippen molar-refractivity contribution < 1.29 is 18.3 Å². The highest BCUT2D eigenvalue weighted by Gasteiger charge is 2.12. The summed E-state index contributed by atoms with van der Waals surface area (Å²) < 4.78 is 29.8. The fraction of sp³-hybridized carbons (Fsp3) is 0.0714. The molecule has 0 aliphatic rings. The maximum absolute atomic E-state index is 12.0. The van der Waals surface area contributed by atoms with Crippen LogP contribution >= 0.6 is 15.9 Å². The van der Waals surface area contributed by atoms with Crippen molar-refractivity contribution in [3.05, 3.63) is 52.5 Å². The monoisotopic (exact) mass is 384 g/mol. The Morgan fingerprint density at radius 2 is 1.91 bits per heavy atom. The second-order valence-corrected chi connectivity index (χ2v) is 6.81. The van der Waals surface area contributed by atoms with Crippen LogP contribution in [0.25, 0.3) is 0 Å². The van der Waals surface area contributed by atoms with Gasteiger partial charge in [-0.05, 0) is 42.5 Å². The van der Waals surface area contributed by atoms with Gasteiger partial charge in [0.15, 0.2) is 0 Å². The molecule has 2 rings (SSSR count). The molecule has 0 aliphatic heterocycles. The van der Waals surface area contributed by atoms with Gasteiger partial charge in [0.1, 0.15) is 11.5 Å². The SMILES string of the molecule is COc1ccc(O)c(C=NNS(=O)(=O)c2ccc(Br)cc2)c1. The number of ether oxygens (including phenoxy) is 1. The number of rotatable bonds is 5. The van der Waals surface area contributed by atoms with E-state index in [0.29, 0.717) is 11.3 Å². The first-order chi connectivity index (χ1) is 10.4. The molecule has 6 nitrogen and oxygen atoms in total. The highest BCUT2D eigenvalue weighted by Crippen LogP contribution is 2.21. The zero-order chi connectivity index (χ0) is 16.2. The lowest BCUT2D eigenvalue weighted by atomic mass is 10.2. The van der Waals surface area contributed by atoms with Crippen LogP contribution in [0.15, 0.2) is 56.9 Å². The summed E-state index contributed by atoms with van der Waals surface area (Å²) in [7, 11) is -2.27. The molecule has 0 radical (unpaired) electrons. The maximum Gasteiger partial charge on any atom is 0.276 e. The van der Waals surface area contributed by atoms with Gasteiger partial charge in [-0.25, -0.2) is 4.83 Å². The lowest BCUT2D eigenvalue weighted by Crippen LogP contribution is -2.18. The molecule has 0 bridgehead atoms. The molecule has 0 saturated heterocycles.